The van der Waals surface area contributed by atoms with Gasteiger partial charge in [0.1, 0.15) is 11.5 Å². The topological polar surface area (TPSA) is 145 Å². The number of carbonyl (C=O) groups is 2. The summed E-state index contributed by atoms with van der Waals surface area (Å²) < 4.78 is 0. The van der Waals surface area contributed by atoms with Crippen molar-refractivity contribution < 1.29 is 14.7 Å². The van der Waals surface area contributed by atoms with Gasteiger partial charge in [0.25, 0.3) is 0 Å². The lowest BCUT2D eigenvalue weighted by atomic mass is 9.97. The fourth-order valence-corrected chi connectivity index (χ4v) is 2.92. The molecule has 1 fully saturated rings. The molecule has 1 unspecified atom stereocenters. The molecule has 9 nitrogen and oxygen atoms in total. The number of hydrogen-bond acceptors (Lipinski definition) is 5. The van der Waals surface area contributed by atoms with E-state index in [9.17, 15) is 9.59 Å². The number of nitrogens with zero attached hydrogens (tertiary/aromatic N) is 3. The van der Waals surface area contributed by atoms with Gasteiger partial charge in [-0.15, -0.1) is 0 Å². The second-order valence-corrected chi connectivity index (χ2v) is 5.83. The lowest BCUT2D eigenvalue weighted by Gasteiger charge is -2.24. The van der Waals surface area contributed by atoms with E-state index < -0.39 is 5.97 Å². The Hall–Kier alpha value is -3.49. The lowest BCUT2D eigenvalue weighted by molar-refractivity contribution is -0.137. The molecule has 0 aliphatic carbocycles. The van der Waals surface area contributed by atoms with Crippen molar-refractivity contribution in [1.82, 2.24) is 20.2 Å². The zero-order valence-electron chi connectivity index (χ0n) is 13.8. The van der Waals surface area contributed by atoms with Crippen molar-refractivity contribution in [3.63, 3.8) is 0 Å². The number of nitrogen functional groups attached to an aromatic ring is 1. The summed E-state index contributed by atoms with van der Waals surface area (Å²) >= 11 is 0. The van der Waals surface area contributed by atoms with E-state index >= 15 is 0 Å². The minimum absolute atomic E-state index is 0.120. The van der Waals surface area contributed by atoms with Gasteiger partial charge in [-0.1, -0.05) is 24.3 Å². The Kier molecular flexibility index (Phi) is 4.78. The molecule has 0 radical (unpaired) electrons. The first-order chi connectivity index (χ1) is 12.5. The number of amides is 2. The van der Waals surface area contributed by atoms with Crippen LogP contribution in [0.25, 0.3) is 11.3 Å². The fourth-order valence-electron chi connectivity index (χ4n) is 2.92. The maximum Gasteiger partial charge on any atom is 0.318 e. The molecule has 0 spiro atoms. The van der Waals surface area contributed by atoms with Gasteiger partial charge in [0, 0.05) is 18.7 Å². The maximum atomic E-state index is 12.1. The molecule has 2 heterocycles. The van der Waals surface area contributed by atoms with Crippen LogP contribution < -0.4 is 11.1 Å². The van der Waals surface area contributed by atoms with Crippen LogP contribution in [0.4, 0.5) is 4.79 Å². The molecule has 134 valence electrons. The molecular weight excluding hydrogens is 336 g/mol. The largest absolute Gasteiger partial charge is 0.481 e. The molecule has 3 rings (SSSR count). The standard InChI is InChI=1S/C17H18N6O3/c18-16(19)13-8-20-12(7-21-13)10-3-1-2-4-11(10)14-9-22-17(26)23(14)6-5-15(24)25/h1-4,7-8,14H,5-6,9H2,(H3,18,19)(H,22,26)(H,24,25). The number of benzene rings is 1. The summed E-state index contributed by atoms with van der Waals surface area (Å²) in [5.74, 6) is -1.12. The molecule has 0 bridgehead atoms. The molecule has 1 aromatic heterocycles. The van der Waals surface area contributed by atoms with Crippen molar-refractivity contribution in [1.29, 1.82) is 5.41 Å². The summed E-state index contributed by atoms with van der Waals surface area (Å²) in [6.45, 7) is 0.504. The van der Waals surface area contributed by atoms with Gasteiger partial charge in [0.2, 0.25) is 0 Å². The Morgan fingerprint density at radius 1 is 1.35 bits per heavy atom. The molecule has 26 heavy (non-hydrogen) atoms. The number of amidine groups is 1. The number of nitrogens with two attached hydrogens (primary N) is 1. The van der Waals surface area contributed by atoms with E-state index in [4.69, 9.17) is 16.2 Å². The third kappa shape index (κ3) is 3.46. The van der Waals surface area contributed by atoms with E-state index in [1.165, 1.54) is 17.3 Å². The zero-order chi connectivity index (χ0) is 18.7. The van der Waals surface area contributed by atoms with E-state index in [0.717, 1.165) is 11.1 Å². The zero-order valence-corrected chi connectivity index (χ0v) is 13.8. The number of carboxylic acids is 1. The average molecular weight is 354 g/mol. The lowest BCUT2D eigenvalue weighted by Crippen LogP contribution is -2.32. The van der Waals surface area contributed by atoms with Gasteiger partial charge in [-0.3, -0.25) is 15.2 Å². The molecule has 2 aromatic rings. The smallest absolute Gasteiger partial charge is 0.318 e. The predicted molar refractivity (Wildman–Crippen MR) is 93.6 cm³/mol. The Labute approximate surface area is 149 Å². The number of urea groups is 1. The van der Waals surface area contributed by atoms with Crippen LogP contribution in [0, 0.1) is 5.41 Å². The van der Waals surface area contributed by atoms with E-state index in [1.807, 2.05) is 24.3 Å². The van der Waals surface area contributed by atoms with E-state index in [2.05, 4.69) is 15.3 Å². The van der Waals surface area contributed by atoms with Crippen LogP contribution in [0.3, 0.4) is 0 Å². The van der Waals surface area contributed by atoms with Crippen LogP contribution in [0.2, 0.25) is 0 Å². The molecule has 1 aromatic carbocycles. The first-order valence-electron chi connectivity index (χ1n) is 7.99. The minimum Gasteiger partial charge on any atom is -0.481 e. The van der Waals surface area contributed by atoms with Crippen molar-refractivity contribution in [2.24, 2.45) is 5.73 Å². The Morgan fingerprint density at radius 3 is 2.77 bits per heavy atom. The number of hydrogen-bond donors (Lipinski definition) is 4. The van der Waals surface area contributed by atoms with E-state index in [1.54, 1.807) is 0 Å². The van der Waals surface area contributed by atoms with Crippen LogP contribution >= 0.6 is 0 Å². The normalized spacial score (nSPS) is 16.4. The first-order valence-corrected chi connectivity index (χ1v) is 7.99. The number of carboxylic acid groups (broad SMARTS) is 1. The van der Waals surface area contributed by atoms with E-state index in [-0.39, 0.29) is 36.6 Å². The van der Waals surface area contributed by atoms with Gasteiger partial charge < -0.3 is 21.1 Å². The number of aliphatic carboxylic acids is 1. The second kappa shape index (κ2) is 7.18. The van der Waals surface area contributed by atoms with Crippen molar-refractivity contribution in [3.8, 4) is 11.3 Å². The number of carbonyl (C=O) groups excluding carboxylic acids is 1. The Morgan fingerprint density at radius 2 is 2.12 bits per heavy atom. The Bertz CT molecular complexity index is 852. The van der Waals surface area contributed by atoms with Crippen LogP contribution in [0.5, 0.6) is 0 Å². The van der Waals surface area contributed by atoms with Crippen molar-refractivity contribution in [3.05, 3.63) is 47.9 Å². The summed E-state index contributed by atoms with van der Waals surface area (Å²) in [7, 11) is 0. The SMILES string of the molecule is N=C(N)c1cnc(-c2ccccc2C2CNC(=O)N2CCC(=O)O)cn1. The highest BCUT2D eigenvalue weighted by Crippen LogP contribution is 2.32. The quantitative estimate of drug-likeness (QED) is 0.449. The Balaban J connectivity index is 1.94. The van der Waals surface area contributed by atoms with Crippen LogP contribution in [-0.2, 0) is 4.79 Å². The number of rotatable bonds is 6. The molecule has 5 N–H and O–H groups in total. The van der Waals surface area contributed by atoms with Crippen LogP contribution in [0.1, 0.15) is 23.7 Å². The third-order valence-electron chi connectivity index (χ3n) is 4.17. The van der Waals surface area contributed by atoms with Crippen molar-refractivity contribution in [2.75, 3.05) is 13.1 Å². The maximum absolute atomic E-state index is 12.1. The van der Waals surface area contributed by atoms with Crippen molar-refractivity contribution in [2.45, 2.75) is 12.5 Å². The second-order valence-electron chi connectivity index (χ2n) is 5.83. The van der Waals surface area contributed by atoms with Gasteiger partial charge in [-0.2, -0.15) is 0 Å². The third-order valence-corrected chi connectivity index (χ3v) is 4.17. The molecule has 0 saturated carbocycles. The summed E-state index contributed by atoms with van der Waals surface area (Å²) in [5, 5.41) is 19.1. The molecule has 1 saturated heterocycles. The molecule has 1 aliphatic rings. The molecule has 9 heteroatoms. The molecule has 1 atom stereocenters. The highest BCUT2D eigenvalue weighted by Gasteiger charge is 2.33. The van der Waals surface area contributed by atoms with Crippen molar-refractivity contribution >= 4 is 17.8 Å². The monoisotopic (exact) mass is 354 g/mol. The number of nitrogens with one attached hydrogen (secondary N) is 2. The summed E-state index contributed by atoms with van der Waals surface area (Å²) in [4.78, 5) is 32.9. The molecule has 1 aliphatic heterocycles. The highest BCUT2D eigenvalue weighted by molar-refractivity contribution is 5.92. The fraction of sp³-hybridized carbons (Fsp3) is 0.235. The summed E-state index contributed by atoms with van der Waals surface area (Å²) in [6.07, 6.45) is 2.83. The van der Waals surface area contributed by atoms with Gasteiger partial charge in [0.05, 0.1) is 30.6 Å². The predicted octanol–water partition coefficient (Wildman–Crippen LogP) is 0.969. The summed E-state index contributed by atoms with van der Waals surface area (Å²) in [6, 6.07) is 6.87. The molecule has 2 amide bonds. The van der Waals surface area contributed by atoms with Crippen LogP contribution in [-0.4, -0.2) is 50.9 Å². The van der Waals surface area contributed by atoms with Crippen LogP contribution in [0.15, 0.2) is 36.7 Å². The van der Waals surface area contributed by atoms with Gasteiger partial charge >= 0.3 is 12.0 Å². The van der Waals surface area contributed by atoms with E-state index in [0.29, 0.717) is 12.2 Å². The van der Waals surface area contributed by atoms with Gasteiger partial charge in [0.15, 0.2) is 0 Å². The van der Waals surface area contributed by atoms with Gasteiger partial charge in [-0.05, 0) is 5.56 Å². The average Bonchev–Trinajstić information content (AvgIpc) is 3.00. The minimum atomic E-state index is -0.956. The molecular formula is C17H18N6O3. The summed E-state index contributed by atoms with van der Waals surface area (Å²) in [5.41, 5.74) is 7.91. The van der Waals surface area contributed by atoms with Gasteiger partial charge in [-0.25, -0.2) is 9.78 Å². The first kappa shape index (κ1) is 17.3. The number of aromatic nitrogens is 2. The highest BCUT2D eigenvalue weighted by atomic mass is 16.4.